The molecule has 0 aromatic heterocycles. The van der Waals surface area contributed by atoms with Crippen LogP contribution in [0.4, 0.5) is 0 Å². The molecule has 0 aromatic carbocycles. The van der Waals surface area contributed by atoms with Crippen molar-refractivity contribution in [3.8, 4) is 0 Å². The number of likely N-dealkylation sites (N-methyl/N-ethyl adjacent to an activating group) is 1. The van der Waals surface area contributed by atoms with Crippen LogP contribution in [-0.2, 0) is 9.53 Å². The number of nitrogens with one attached hydrogen (secondary N) is 1. The summed E-state index contributed by atoms with van der Waals surface area (Å²) < 4.78 is 4.81. The molecule has 5 heteroatoms. The van der Waals surface area contributed by atoms with E-state index in [-0.39, 0.29) is 11.9 Å². The monoisotopic (exact) mass is 216 g/mol. The second-order valence-corrected chi connectivity index (χ2v) is 3.95. The SMILES string of the molecule is COCC(O)CCNC1CCN(C)C1=O. The topological polar surface area (TPSA) is 61.8 Å². The molecule has 1 aliphatic rings. The predicted molar refractivity (Wildman–Crippen MR) is 56.5 cm³/mol. The Morgan fingerprint density at radius 2 is 2.47 bits per heavy atom. The van der Waals surface area contributed by atoms with Gasteiger partial charge >= 0.3 is 0 Å². The van der Waals surface area contributed by atoms with E-state index in [1.807, 2.05) is 7.05 Å². The summed E-state index contributed by atoms with van der Waals surface area (Å²) in [4.78, 5) is 13.2. The Morgan fingerprint density at radius 3 is 3.00 bits per heavy atom. The molecular formula is C10H20N2O3. The Bertz CT molecular complexity index is 211. The number of hydrogen-bond acceptors (Lipinski definition) is 4. The molecule has 2 N–H and O–H groups in total. The fourth-order valence-corrected chi connectivity index (χ4v) is 1.71. The third-order valence-corrected chi connectivity index (χ3v) is 2.65. The maximum absolute atomic E-state index is 11.5. The van der Waals surface area contributed by atoms with Gasteiger partial charge in [-0.3, -0.25) is 4.79 Å². The predicted octanol–water partition coefficient (Wildman–Crippen LogP) is -0.796. The summed E-state index contributed by atoms with van der Waals surface area (Å²) in [6.07, 6.45) is 1.02. The normalized spacial score (nSPS) is 23.5. The first kappa shape index (κ1) is 12.4. The minimum Gasteiger partial charge on any atom is -0.391 e. The zero-order valence-corrected chi connectivity index (χ0v) is 9.40. The van der Waals surface area contributed by atoms with Crippen LogP contribution in [0, 0.1) is 0 Å². The van der Waals surface area contributed by atoms with Crippen LogP contribution in [0.15, 0.2) is 0 Å². The lowest BCUT2D eigenvalue weighted by atomic mass is 10.2. The van der Waals surface area contributed by atoms with Gasteiger partial charge < -0.3 is 20.1 Å². The van der Waals surface area contributed by atoms with Crippen molar-refractivity contribution in [3.63, 3.8) is 0 Å². The lowest BCUT2D eigenvalue weighted by molar-refractivity contribution is -0.128. The zero-order chi connectivity index (χ0) is 11.3. The van der Waals surface area contributed by atoms with E-state index in [9.17, 15) is 9.90 Å². The first-order valence-electron chi connectivity index (χ1n) is 5.30. The molecule has 88 valence electrons. The van der Waals surface area contributed by atoms with Crippen molar-refractivity contribution >= 4 is 5.91 Å². The summed E-state index contributed by atoms with van der Waals surface area (Å²) >= 11 is 0. The molecule has 0 aliphatic carbocycles. The van der Waals surface area contributed by atoms with E-state index in [1.165, 1.54) is 0 Å². The van der Waals surface area contributed by atoms with E-state index in [4.69, 9.17) is 4.74 Å². The number of aliphatic hydroxyl groups is 1. The Morgan fingerprint density at radius 1 is 1.73 bits per heavy atom. The fourth-order valence-electron chi connectivity index (χ4n) is 1.71. The number of ether oxygens (including phenoxy) is 1. The van der Waals surface area contributed by atoms with Crippen molar-refractivity contribution in [2.75, 3.05) is 33.9 Å². The molecule has 15 heavy (non-hydrogen) atoms. The number of aliphatic hydroxyl groups excluding tert-OH is 1. The van der Waals surface area contributed by atoms with E-state index in [2.05, 4.69) is 5.32 Å². The van der Waals surface area contributed by atoms with Crippen LogP contribution in [0.25, 0.3) is 0 Å². The van der Waals surface area contributed by atoms with Crippen LogP contribution in [0.1, 0.15) is 12.8 Å². The molecule has 1 fully saturated rings. The molecule has 0 saturated carbocycles. The number of likely N-dealkylation sites (tertiary alicyclic amines) is 1. The first-order valence-corrected chi connectivity index (χ1v) is 5.30. The Labute approximate surface area is 90.4 Å². The van der Waals surface area contributed by atoms with Crippen molar-refractivity contribution in [1.82, 2.24) is 10.2 Å². The maximum Gasteiger partial charge on any atom is 0.239 e. The van der Waals surface area contributed by atoms with E-state index in [1.54, 1.807) is 12.0 Å². The van der Waals surface area contributed by atoms with Crippen molar-refractivity contribution < 1.29 is 14.6 Å². The Balaban J connectivity index is 2.13. The Kier molecular flexibility index (Phi) is 5.01. The highest BCUT2D eigenvalue weighted by Gasteiger charge is 2.28. The second kappa shape index (κ2) is 6.05. The lowest BCUT2D eigenvalue weighted by Gasteiger charge is -2.14. The minimum atomic E-state index is -0.447. The molecule has 0 spiro atoms. The summed E-state index contributed by atoms with van der Waals surface area (Å²) in [5.74, 6) is 0.149. The maximum atomic E-state index is 11.5. The summed E-state index contributed by atoms with van der Waals surface area (Å²) in [6, 6.07) is -0.0651. The lowest BCUT2D eigenvalue weighted by Crippen LogP contribution is -2.38. The summed E-state index contributed by atoms with van der Waals surface area (Å²) in [7, 11) is 3.37. The number of carbonyl (C=O) groups is 1. The van der Waals surface area contributed by atoms with Gasteiger partial charge in [0.15, 0.2) is 0 Å². The van der Waals surface area contributed by atoms with Crippen molar-refractivity contribution in [2.45, 2.75) is 25.0 Å². The van der Waals surface area contributed by atoms with Gasteiger partial charge in [0.2, 0.25) is 5.91 Å². The number of nitrogens with zero attached hydrogens (tertiary/aromatic N) is 1. The molecular weight excluding hydrogens is 196 g/mol. The van der Waals surface area contributed by atoms with E-state index < -0.39 is 6.10 Å². The van der Waals surface area contributed by atoms with Gasteiger partial charge in [0.1, 0.15) is 0 Å². The molecule has 1 rings (SSSR count). The number of methoxy groups -OCH3 is 1. The van der Waals surface area contributed by atoms with Gasteiger partial charge in [0, 0.05) is 20.7 Å². The quantitative estimate of drug-likeness (QED) is 0.610. The number of rotatable bonds is 6. The van der Waals surface area contributed by atoms with Crippen molar-refractivity contribution in [1.29, 1.82) is 0 Å². The molecule has 1 saturated heterocycles. The molecule has 1 amide bonds. The summed E-state index contributed by atoms with van der Waals surface area (Å²) in [5, 5.41) is 12.5. The van der Waals surface area contributed by atoms with Gasteiger partial charge in [-0.05, 0) is 19.4 Å². The average molecular weight is 216 g/mol. The molecule has 2 unspecified atom stereocenters. The van der Waals surface area contributed by atoms with Crippen LogP contribution >= 0.6 is 0 Å². The highest BCUT2D eigenvalue weighted by atomic mass is 16.5. The first-order chi connectivity index (χ1) is 7.15. The molecule has 0 bridgehead atoms. The van der Waals surface area contributed by atoms with Gasteiger partial charge in [0.25, 0.3) is 0 Å². The van der Waals surface area contributed by atoms with Crippen LogP contribution < -0.4 is 5.32 Å². The zero-order valence-electron chi connectivity index (χ0n) is 9.40. The standard InChI is InChI=1S/C10H20N2O3/c1-12-6-4-9(10(12)14)11-5-3-8(13)7-15-2/h8-9,11,13H,3-7H2,1-2H3. The van der Waals surface area contributed by atoms with Crippen LogP contribution in [0.3, 0.4) is 0 Å². The van der Waals surface area contributed by atoms with Gasteiger partial charge in [0.05, 0.1) is 18.8 Å². The molecule has 1 aliphatic heterocycles. The molecule has 0 aromatic rings. The Hall–Kier alpha value is -0.650. The molecule has 0 radical (unpaired) electrons. The highest BCUT2D eigenvalue weighted by Crippen LogP contribution is 2.08. The number of carbonyl (C=O) groups excluding carboxylic acids is 1. The smallest absolute Gasteiger partial charge is 0.239 e. The van der Waals surface area contributed by atoms with E-state index >= 15 is 0 Å². The van der Waals surface area contributed by atoms with Crippen LogP contribution in [0.5, 0.6) is 0 Å². The molecule has 1 heterocycles. The third-order valence-electron chi connectivity index (χ3n) is 2.65. The van der Waals surface area contributed by atoms with Crippen molar-refractivity contribution in [3.05, 3.63) is 0 Å². The van der Waals surface area contributed by atoms with Crippen molar-refractivity contribution in [2.24, 2.45) is 0 Å². The van der Waals surface area contributed by atoms with Crippen LogP contribution in [-0.4, -0.2) is 61.9 Å². The van der Waals surface area contributed by atoms with E-state index in [0.717, 1.165) is 13.0 Å². The van der Waals surface area contributed by atoms with Gasteiger partial charge in [-0.15, -0.1) is 0 Å². The van der Waals surface area contributed by atoms with Gasteiger partial charge in [-0.2, -0.15) is 0 Å². The van der Waals surface area contributed by atoms with Crippen LogP contribution in [0.2, 0.25) is 0 Å². The fraction of sp³-hybridized carbons (Fsp3) is 0.900. The van der Waals surface area contributed by atoms with Gasteiger partial charge in [-0.1, -0.05) is 0 Å². The third kappa shape index (κ3) is 3.77. The second-order valence-electron chi connectivity index (χ2n) is 3.95. The summed E-state index contributed by atoms with van der Waals surface area (Å²) in [6.45, 7) is 1.81. The molecule has 2 atom stereocenters. The largest absolute Gasteiger partial charge is 0.391 e. The van der Waals surface area contributed by atoms with E-state index in [0.29, 0.717) is 19.6 Å². The number of amides is 1. The average Bonchev–Trinajstić information content (AvgIpc) is 2.50. The number of hydrogen-bond donors (Lipinski definition) is 2. The molecule has 5 nitrogen and oxygen atoms in total. The van der Waals surface area contributed by atoms with Gasteiger partial charge in [-0.25, -0.2) is 0 Å². The minimum absolute atomic E-state index is 0.0651. The summed E-state index contributed by atoms with van der Waals surface area (Å²) in [5.41, 5.74) is 0. The highest BCUT2D eigenvalue weighted by molar-refractivity contribution is 5.83.